The second-order valence-corrected chi connectivity index (χ2v) is 12.6. The van der Waals surface area contributed by atoms with Gasteiger partial charge in [-0.05, 0) is 24.6 Å². The standard InChI is InChI=1S/C9H10Cl3NO3Si/c10-17(11,12)7-1-6-16-9-4-2-8(3-5-9)13(14)15/h2-5H,1,6-7H2. The average Bonchev–Trinajstić information content (AvgIpc) is 2.24. The van der Waals surface area contributed by atoms with Crippen LogP contribution >= 0.6 is 33.2 Å². The molecule has 1 aromatic rings. The lowest BCUT2D eigenvalue weighted by Crippen LogP contribution is -2.10. The highest BCUT2D eigenvalue weighted by molar-refractivity contribution is 7.64. The van der Waals surface area contributed by atoms with Crippen LogP contribution in [-0.2, 0) is 0 Å². The third-order valence-corrected chi connectivity index (χ3v) is 4.54. The highest BCUT2D eigenvalue weighted by Crippen LogP contribution is 2.26. The zero-order chi connectivity index (χ0) is 12.9. The highest BCUT2D eigenvalue weighted by Gasteiger charge is 2.23. The van der Waals surface area contributed by atoms with Crippen LogP contribution in [0.15, 0.2) is 24.3 Å². The van der Waals surface area contributed by atoms with Crippen molar-refractivity contribution in [2.24, 2.45) is 0 Å². The zero-order valence-corrected chi connectivity index (χ0v) is 12.0. The maximum absolute atomic E-state index is 10.4. The lowest BCUT2D eigenvalue weighted by molar-refractivity contribution is -0.384. The molecule has 0 bridgehead atoms. The number of rotatable bonds is 6. The van der Waals surface area contributed by atoms with Gasteiger partial charge in [0.25, 0.3) is 5.69 Å². The molecule has 0 fully saturated rings. The molecule has 0 aromatic heterocycles. The van der Waals surface area contributed by atoms with Gasteiger partial charge in [-0.3, -0.25) is 10.1 Å². The molecule has 0 saturated carbocycles. The van der Waals surface area contributed by atoms with E-state index in [4.69, 9.17) is 38.0 Å². The maximum Gasteiger partial charge on any atom is 0.341 e. The van der Waals surface area contributed by atoms with Crippen molar-refractivity contribution < 1.29 is 9.66 Å². The van der Waals surface area contributed by atoms with Gasteiger partial charge in [-0.1, -0.05) is 0 Å². The molecule has 0 unspecified atom stereocenters. The molecule has 0 saturated heterocycles. The topological polar surface area (TPSA) is 52.4 Å². The van der Waals surface area contributed by atoms with E-state index in [0.717, 1.165) is 0 Å². The van der Waals surface area contributed by atoms with Gasteiger partial charge in [0.2, 0.25) is 0 Å². The normalized spacial score (nSPS) is 11.2. The first-order valence-electron chi connectivity index (χ1n) is 4.82. The Balaban J connectivity index is 2.35. The summed E-state index contributed by atoms with van der Waals surface area (Å²) in [6.45, 7) is 0.429. The Kier molecular flexibility index (Phi) is 5.52. The fraction of sp³-hybridized carbons (Fsp3) is 0.333. The lowest BCUT2D eigenvalue weighted by atomic mass is 10.3. The van der Waals surface area contributed by atoms with Crippen molar-refractivity contribution in [3.05, 3.63) is 34.4 Å². The minimum absolute atomic E-state index is 0.0334. The smallest absolute Gasteiger partial charge is 0.341 e. The number of nitro benzene ring substituents is 1. The van der Waals surface area contributed by atoms with Gasteiger partial charge >= 0.3 is 6.00 Å². The Labute approximate surface area is 114 Å². The summed E-state index contributed by atoms with van der Waals surface area (Å²) in [7, 11) is 0. The molecule has 0 aliphatic carbocycles. The van der Waals surface area contributed by atoms with Crippen LogP contribution in [0.25, 0.3) is 0 Å². The van der Waals surface area contributed by atoms with Crippen molar-refractivity contribution in [1.29, 1.82) is 0 Å². The van der Waals surface area contributed by atoms with Crippen LogP contribution in [0.1, 0.15) is 6.42 Å². The monoisotopic (exact) mass is 313 g/mol. The second kappa shape index (κ2) is 6.44. The van der Waals surface area contributed by atoms with E-state index >= 15 is 0 Å². The minimum atomic E-state index is -2.57. The summed E-state index contributed by atoms with van der Waals surface area (Å²) in [6.07, 6.45) is 0.652. The molecule has 8 heteroatoms. The largest absolute Gasteiger partial charge is 0.494 e. The van der Waals surface area contributed by atoms with Crippen LogP contribution in [0.4, 0.5) is 5.69 Å². The first-order valence-corrected chi connectivity index (χ1v) is 10.1. The Hall–Kier alpha value is -0.493. The van der Waals surface area contributed by atoms with Gasteiger partial charge in [0.15, 0.2) is 0 Å². The van der Waals surface area contributed by atoms with Crippen LogP contribution in [0.5, 0.6) is 5.75 Å². The van der Waals surface area contributed by atoms with Crippen molar-refractivity contribution in [2.45, 2.75) is 12.5 Å². The van der Waals surface area contributed by atoms with Crippen LogP contribution in [0, 0.1) is 10.1 Å². The van der Waals surface area contributed by atoms with Crippen molar-refractivity contribution in [3.8, 4) is 5.75 Å². The lowest BCUT2D eigenvalue weighted by Gasteiger charge is -2.08. The van der Waals surface area contributed by atoms with Gasteiger partial charge in [-0.25, -0.2) is 0 Å². The number of hydrogen-bond donors (Lipinski definition) is 0. The number of nitro groups is 1. The van der Waals surface area contributed by atoms with E-state index < -0.39 is 10.9 Å². The summed E-state index contributed by atoms with van der Waals surface area (Å²) in [5.41, 5.74) is 0.0334. The number of halogens is 3. The van der Waals surface area contributed by atoms with Crippen molar-refractivity contribution in [2.75, 3.05) is 6.61 Å². The van der Waals surface area contributed by atoms with E-state index in [1.54, 1.807) is 12.1 Å². The maximum atomic E-state index is 10.4. The molecule has 1 rings (SSSR count). The molecule has 4 nitrogen and oxygen atoms in total. The van der Waals surface area contributed by atoms with E-state index in [-0.39, 0.29) is 5.69 Å². The number of benzene rings is 1. The Morgan fingerprint density at radius 2 is 1.82 bits per heavy atom. The van der Waals surface area contributed by atoms with Crippen molar-refractivity contribution in [1.82, 2.24) is 0 Å². The molecule has 17 heavy (non-hydrogen) atoms. The fourth-order valence-electron chi connectivity index (χ4n) is 1.13. The van der Waals surface area contributed by atoms with Gasteiger partial charge in [0.1, 0.15) is 5.75 Å². The molecule has 0 N–H and O–H groups in total. The third-order valence-electron chi connectivity index (χ3n) is 1.92. The van der Waals surface area contributed by atoms with Crippen molar-refractivity contribution >= 4 is 44.9 Å². The van der Waals surface area contributed by atoms with E-state index in [9.17, 15) is 10.1 Å². The quantitative estimate of drug-likeness (QED) is 0.262. The zero-order valence-electron chi connectivity index (χ0n) is 8.74. The predicted octanol–water partition coefficient (Wildman–Crippen LogP) is 4.02. The van der Waals surface area contributed by atoms with E-state index in [0.29, 0.717) is 24.8 Å². The predicted molar refractivity (Wildman–Crippen MR) is 71.3 cm³/mol. The molecular formula is C9H10Cl3NO3Si. The summed E-state index contributed by atoms with van der Waals surface area (Å²) in [5, 5.41) is 10.4. The third kappa shape index (κ3) is 6.12. The minimum Gasteiger partial charge on any atom is -0.494 e. The Morgan fingerprint density at radius 1 is 1.24 bits per heavy atom. The summed E-state index contributed by atoms with van der Waals surface area (Å²) >= 11 is 17.1. The second-order valence-electron chi connectivity index (χ2n) is 3.32. The van der Waals surface area contributed by atoms with Crippen LogP contribution < -0.4 is 4.74 Å². The summed E-state index contributed by atoms with van der Waals surface area (Å²) in [5.74, 6) is 0.571. The Morgan fingerprint density at radius 3 is 2.29 bits per heavy atom. The van der Waals surface area contributed by atoms with Crippen molar-refractivity contribution in [3.63, 3.8) is 0 Å². The summed E-state index contributed by atoms with van der Waals surface area (Å²) in [6, 6.07) is 3.83. The first-order chi connectivity index (χ1) is 7.88. The molecule has 0 spiro atoms. The van der Waals surface area contributed by atoms with Gasteiger partial charge in [0, 0.05) is 12.1 Å². The van der Waals surface area contributed by atoms with Crippen LogP contribution in [0.3, 0.4) is 0 Å². The van der Waals surface area contributed by atoms with E-state index in [1.807, 2.05) is 0 Å². The number of hydrogen-bond acceptors (Lipinski definition) is 3. The number of nitrogens with zero attached hydrogens (tertiary/aromatic N) is 1. The molecule has 0 amide bonds. The molecule has 0 aliphatic heterocycles. The molecule has 0 heterocycles. The van der Waals surface area contributed by atoms with Gasteiger partial charge in [0.05, 0.1) is 11.5 Å². The summed E-state index contributed by atoms with van der Waals surface area (Å²) in [4.78, 5) is 9.95. The molecule has 0 atom stereocenters. The SMILES string of the molecule is O=[N+]([O-])c1ccc(OCCC[Si](Cl)(Cl)Cl)cc1. The molecule has 0 aliphatic rings. The number of non-ortho nitro benzene ring substituents is 1. The van der Waals surface area contributed by atoms with E-state index in [2.05, 4.69) is 0 Å². The molecule has 1 aromatic carbocycles. The van der Waals surface area contributed by atoms with Crippen LogP contribution in [0.2, 0.25) is 6.04 Å². The molecule has 0 radical (unpaired) electrons. The highest BCUT2D eigenvalue weighted by atomic mass is 35.8. The molecule has 94 valence electrons. The van der Waals surface area contributed by atoms with Gasteiger partial charge in [-0.2, -0.15) is 0 Å². The number of ether oxygens (including phenoxy) is 1. The first kappa shape index (κ1) is 14.6. The van der Waals surface area contributed by atoms with Gasteiger partial charge in [-0.15, -0.1) is 33.2 Å². The average molecular weight is 315 g/mol. The summed E-state index contributed by atoms with van der Waals surface area (Å²) < 4.78 is 5.36. The Bertz CT molecular complexity index is 380. The van der Waals surface area contributed by atoms with E-state index in [1.165, 1.54) is 12.1 Å². The molecular weight excluding hydrogens is 305 g/mol. The van der Waals surface area contributed by atoms with Crippen LogP contribution in [-0.4, -0.2) is 17.5 Å². The fourth-order valence-corrected chi connectivity index (χ4v) is 2.87. The van der Waals surface area contributed by atoms with Gasteiger partial charge < -0.3 is 4.74 Å².